The highest BCUT2D eigenvalue weighted by Crippen LogP contribution is 2.42. The van der Waals surface area contributed by atoms with Gasteiger partial charge in [0.1, 0.15) is 11.4 Å². The second-order valence-electron chi connectivity index (χ2n) is 8.90. The first-order valence-electron chi connectivity index (χ1n) is 11.8. The summed E-state index contributed by atoms with van der Waals surface area (Å²) in [5.41, 5.74) is 2.74. The largest absolute Gasteiger partial charge is 0.469 e. The summed E-state index contributed by atoms with van der Waals surface area (Å²) in [6, 6.07) is 23.3. The SMILES string of the molecule is C[C@@H](c1ccc(-c2ccc(F)cc2)cc1)N1CC[C@@](CCCOP(=O)(O)O)(c2ccccc2)OC1=O. The molecule has 2 atom stereocenters. The van der Waals surface area contributed by atoms with Crippen LogP contribution in [-0.4, -0.2) is 33.9 Å². The number of hydrogen-bond donors (Lipinski definition) is 2. The van der Waals surface area contributed by atoms with Crippen LogP contribution in [0.2, 0.25) is 0 Å². The van der Waals surface area contributed by atoms with Crippen LogP contribution >= 0.6 is 7.82 Å². The van der Waals surface area contributed by atoms with Crippen LogP contribution in [0, 0.1) is 5.82 Å². The molecule has 7 nitrogen and oxygen atoms in total. The summed E-state index contributed by atoms with van der Waals surface area (Å²) in [5, 5.41) is 0. The monoisotopic (exact) mass is 513 g/mol. The molecular weight excluding hydrogens is 484 g/mol. The van der Waals surface area contributed by atoms with Crippen molar-refractivity contribution in [3.05, 3.63) is 95.8 Å². The third-order valence-corrected chi connectivity index (χ3v) is 7.12. The van der Waals surface area contributed by atoms with E-state index in [0.29, 0.717) is 25.8 Å². The van der Waals surface area contributed by atoms with Crippen LogP contribution < -0.4 is 0 Å². The second-order valence-corrected chi connectivity index (χ2v) is 10.1. The molecule has 1 aliphatic heterocycles. The Balaban J connectivity index is 1.47. The Morgan fingerprint density at radius 3 is 2.22 bits per heavy atom. The van der Waals surface area contributed by atoms with Crippen molar-refractivity contribution >= 4 is 13.9 Å². The predicted octanol–water partition coefficient (Wildman–Crippen LogP) is 6.18. The first kappa shape index (κ1) is 26.0. The molecular formula is C27H29FNO6P. The van der Waals surface area contributed by atoms with Crippen LogP contribution in [0.4, 0.5) is 9.18 Å². The Bertz CT molecular complexity index is 1220. The summed E-state index contributed by atoms with van der Waals surface area (Å²) in [4.78, 5) is 32.8. The van der Waals surface area contributed by atoms with Crippen LogP contribution in [0.1, 0.15) is 43.4 Å². The van der Waals surface area contributed by atoms with Gasteiger partial charge < -0.3 is 19.4 Å². The van der Waals surface area contributed by atoms with Crippen LogP contribution in [0.15, 0.2) is 78.9 Å². The number of nitrogens with zero attached hydrogens (tertiary/aromatic N) is 1. The van der Waals surface area contributed by atoms with Gasteiger partial charge in [0.05, 0.1) is 12.6 Å². The van der Waals surface area contributed by atoms with E-state index in [4.69, 9.17) is 14.5 Å². The maximum atomic E-state index is 13.2. The molecule has 0 unspecified atom stereocenters. The molecule has 0 spiro atoms. The Kier molecular flexibility index (Phi) is 7.91. The lowest BCUT2D eigenvalue weighted by Gasteiger charge is -2.43. The molecule has 0 saturated carbocycles. The average Bonchev–Trinajstić information content (AvgIpc) is 2.87. The van der Waals surface area contributed by atoms with Crippen molar-refractivity contribution in [3.8, 4) is 11.1 Å². The molecule has 3 aromatic rings. The number of cyclic esters (lactones) is 1. The van der Waals surface area contributed by atoms with E-state index in [1.807, 2.05) is 61.5 Å². The number of benzene rings is 3. The molecule has 2 N–H and O–H groups in total. The zero-order valence-corrected chi connectivity index (χ0v) is 20.8. The minimum atomic E-state index is -4.56. The van der Waals surface area contributed by atoms with Crippen LogP contribution in [0.3, 0.4) is 0 Å². The van der Waals surface area contributed by atoms with E-state index >= 15 is 0 Å². The summed E-state index contributed by atoms with van der Waals surface area (Å²) in [5.74, 6) is -0.284. The van der Waals surface area contributed by atoms with Crippen molar-refractivity contribution in [1.82, 2.24) is 4.90 Å². The molecule has 9 heteroatoms. The molecule has 4 rings (SSSR count). The summed E-state index contributed by atoms with van der Waals surface area (Å²) < 4.78 is 34.9. The first-order valence-corrected chi connectivity index (χ1v) is 13.3. The van der Waals surface area contributed by atoms with E-state index in [1.54, 1.807) is 17.0 Å². The van der Waals surface area contributed by atoms with E-state index in [2.05, 4.69) is 4.52 Å². The maximum absolute atomic E-state index is 13.2. The smallest absolute Gasteiger partial charge is 0.438 e. The summed E-state index contributed by atoms with van der Waals surface area (Å²) in [6.07, 6.45) is 0.762. The molecule has 1 saturated heterocycles. The molecule has 3 aromatic carbocycles. The summed E-state index contributed by atoms with van der Waals surface area (Å²) in [7, 11) is -4.56. The van der Waals surface area contributed by atoms with Crippen molar-refractivity contribution < 1.29 is 32.8 Å². The molecule has 1 amide bonds. The molecule has 1 aliphatic rings. The van der Waals surface area contributed by atoms with Crippen molar-refractivity contribution in [3.63, 3.8) is 0 Å². The van der Waals surface area contributed by atoms with Gasteiger partial charge in [-0.25, -0.2) is 13.8 Å². The van der Waals surface area contributed by atoms with Gasteiger partial charge in [-0.3, -0.25) is 4.52 Å². The van der Waals surface area contributed by atoms with Gasteiger partial charge >= 0.3 is 13.9 Å². The van der Waals surface area contributed by atoms with Gasteiger partial charge in [0.2, 0.25) is 0 Å². The molecule has 0 radical (unpaired) electrons. The van der Waals surface area contributed by atoms with E-state index in [9.17, 15) is 13.8 Å². The maximum Gasteiger partial charge on any atom is 0.469 e. The van der Waals surface area contributed by atoms with Gasteiger partial charge in [-0.05, 0) is 54.2 Å². The van der Waals surface area contributed by atoms with Gasteiger partial charge in [-0.15, -0.1) is 0 Å². The van der Waals surface area contributed by atoms with Crippen LogP contribution in [-0.2, 0) is 19.4 Å². The number of phosphoric acid groups is 1. The fourth-order valence-electron chi connectivity index (χ4n) is 4.60. The minimum Gasteiger partial charge on any atom is -0.438 e. The van der Waals surface area contributed by atoms with Gasteiger partial charge in [0.15, 0.2) is 0 Å². The predicted molar refractivity (Wildman–Crippen MR) is 133 cm³/mol. The lowest BCUT2D eigenvalue weighted by Crippen LogP contribution is -2.48. The number of amides is 1. The standard InChI is InChI=1S/C27H29FNO6P/c1-20(21-8-10-22(11-9-21)23-12-14-25(28)15-13-23)29-18-17-27(35-26(29)30,24-6-3-2-4-7-24)16-5-19-34-36(31,32)33/h2-4,6-15,20H,5,16-19H2,1H3,(H2,31,32,33)/t20-,27-/m0/s1. The van der Waals surface area contributed by atoms with E-state index < -0.39 is 19.5 Å². The number of carbonyl (C=O) groups is 1. The van der Waals surface area contributed by atoms with Gasteiger partial charge in [-0.2, -0.15) is 0 Å². The van der Waals surface area contributed by atoms with Crippen LogP contribution in [0.25, 0.3) is 11.1 Å². The molecule has 1 fully saturated rings. The van der Waals surface area contributed by atoms with Crippen molar-refractivity contribution in [1.29, 1.82) is 0 Å². The normalized spacial score (nSPS) is 19.1. The number of carbonyl (C=O) groups excluding carboxylic acids is 1. The second kappa shape index (κ2) is 10.9. The fraction of sp³-hybridized carbons (Fsp3) is 0.296. The van der Waals surface area contributed by atoms with E-state index in [0.717, 1.165) is 22.3 Å². The van der Waals surface area contributed by atoms with Crippen molar-refractivity contribution in [2.24, 2.45) is 0 Å². The Morgan fingerprint density at radius 2 is 1.64 bits per heavy atom. The van der Waals surface area contributed by atoms with E-state index in [1.165, 1.54) is 12.1 Å². The Morgan fingerprint density at radius 1 is 1.03 bits per heavy atom. The molecule has 190 valence electrons. The molecule has 1 heterocycles. The third kappa shape index (κ3) is 6.20. The number of ether oxygens (including phenoxy) is 1. The quantitative estimate of drug-likeness (QED) is 0.262. The first-order chi connectivity index (χ1) is 17.2. The molecule has 0 aliphatic carbocycles. The lowest BCUT2D eigenvalue weighted by atomic mass is 9.84. The van der Waals surface area contributed by atoms with Gasteiger partial charge in [-0.1, -0.05) is 66.7 Å². The highest BCUT2D eigenvalue weighted by Gasteiger charge is 2.43. The fourth-order valence-corrected chi connectivity index (χ4v) is 4.97. The number of hydrogen-bond acceptors (Lipinski definition) is 4. The highest BCUT2D eigenvalue weighted by atomic mass is 31.2. The number of phosphoric ester groups is 1. The average molecular weight is 514 g/mol. The van der Waals surface area contributed by atoms with Gasteiger partial charge in [0, 0.05) is 13.0 Å². The Labute approximate surface area is 209 Å². The molecule has 0 bridgehead atoms. The highest BCUT2D eigenvalue weighted by molar-refractivity contribution is 7.46. The third-order valence-electron chi connectivity index (χ3n) is 6.60. The van der Waals surface area contributed by atoms with Crippen molar-refractivity contribution in [2.75, 3.05) is 13.2 Å². The Hall–Kier alpha value is -3.03. The van der Waals surface area contributed by atoms with Gasteiger partial charge in [0.25, 0.3) is 0 Å². The lowest BCUT2D eigenvalue weighted by molar-refractivity contribution is -0.0679. The zero-order chi connectivity index (χ0) is 25.8. The minimum absolute atomic E-state index is 0.142. The topological polar surface area (TPSA) is 96.3 Å². The summed E-state index contributed by atoms with van der Waals surface area (Å²) >= 11 is 0. The number of rotatable bonds is 9. The zero-order valence-electron chi connectivity index (χ0n) is 19.9. The number of halogens is 1. The van der Waals surface area contributed by atoms with E-state index in [-0.39, 0.29) is 18.5 Å². The van der Waals surface area contributed by atoms with Crippen LogP contribution in [0.5, 0.6) is 0 Å². The molecule has 36 heavy (non-hydrogen) atoms. The summed E-state index contributed by atoms with van der Waals surface area (Å²) in [6.45, 7) is 2.25. The van der Waals surface area contributed by atoms with Crippen molar-refractivity contribution in [2.45, 2.75) is 37.8 Å². The molecule has 0 aromatic heterocycles.